The molecule has 0 bridgehead atoms. The molecule has 480 valence electrons. The van der Waals surface area contributed by atoms with Crippen LogP contribution in [0.25, 0.3) is 0 Å². The lowest BCUT2D eigenvalue weighted by Crippen LogP contribution is -2.59. The standard InChI is InChI=1S/C63H100N10O13/c1-15-17-19-28-49(75)69-51(37(3)4)59(80)68-46(26-22-33-65-62(64)83)58(79)67-45-31-29-43(30-32-45)36-86-63(84)72(13)53(39(7)8)60(81)70-52(38(5)6)61(82)71(12)54(40(9)16-2)48(74)35-50(76)73-34-23-27-47(73)56(85-14)41(10)57(78)66-42(11)55(77)44-24-20-18-21-25-44/h18,20-21,24-25,29-32,37-42,46-47,51-56,77H,15-17,19,22-23,26-28,33-36H2,1-14H3,(H,66,78)(H,67,79)(H,68,80)(H,69,75)(H,70,81)(H3,64,65,83)/t40-,41+,42+,46?,47-,51+,52?,53+,54?,55+,56?/m0/s1. The van der Waals surface area contributed by atoms with Crippen LogP contribution >= 0.6 is 0 Å². The van der Waals surface area contributed by atoms with E-state index in [1.165, 1.54) is 26.1 Å². The number of amides is 10. The first-order valence-corrected chi connectivity index (χ1v) is 30.5. The zero-order valence-corrected chi connectivity index (χ0v) is 53.2. The number of hydrogen-bond donors (Lipinski definition) is 8. The number of rotatable bonds is 35. The largest absolute Gasteiger partial charge is 0.445 e. The van der Waals surface area contributed by atoms with Crippen LogP contribution in [0.5, 0.6) is 0 Å². The molecule has 86 heavy (non-hydrogen) atoms. The molecule has 0 saturated carbocycles. The number of nitrogens with zero attached hydrogens (tertiary/aromatic N) is 3. The van der Waals surface area contributed by atoms with Crippen molar-refractivity contribution in [2.75, 3.05) is 39.6 Å². The minimum atomic E-state index is -1.14. The summed E-state index contributed by atoms with van der Waals surface area (Å²) in [6.45, 7) is 20.0. The van der Waals surface area contributed by atoms with E-state index in [1.54, 1.807) is 109 Å². The van der Waals surface area contributed by atoms with Gasteiger partial charge >= 0.3 is 12.1 Å². The topological polar surface area (TPSA) is 317 Å². The molecule has 2 aromatic carbocycles. The number of urea groups is 1. The first kappa shape index (κ1) is 73.1. The molecule has 1 heterocycles. The Bertz CT molecular complexity index is 2550. The number of methoxy groups -OCH3 is 1. The summed E-state index contributed by atoms with van der Waals surface area (Å²) in [5, 5.41) is 27.5. The average Bonchev–Trinajstić information content (AvgIpc) is 2.44. The summed E-state index contributed by atoms with van der Waals surface area (Å²) in [6, 6.07) is 8.27. The van der Waals surface area contributed by atoms with E-state index in [1.807, 2.05) is 26.8 Å². The fraction of sp³-hybridized carbons (Fsp3) is 0.651. The number of nitrogens with one attached hydrogen (secondary N) is 6. The molecule has 11 atom stereocenters. The minimum absolute atomic E-state index is 0.131. The van der Waals surface area contributed by atoms with Crippen LogP contribution in [0.1, 0.15) is 158 Å². The van der Waals surface area contributed by atoms with E-state index >= 15 is 0 Å². The number of nitrogens with two attached hydrogens (primary N) is 1. The molecule has 10 amide bonds. The number of benzene rings is 2. The highest BCUT2D eigenvalue weighted by Crippen LogP contribution is 2.29. The van der Waals surface area contributed by atoms with Gasteiger partial charge in [0, 0.05) is 46.4 Å². The third-order valence-corrected chi connectivity index (χ3v) is 16.1. The summed E-state index contributed by atoms with van der Waals surface area (Å²) in [5.74, 6) is -6.21. The van der Waals surface area contributed by atoms with Crippen molar-refractivity contribution >= 4 is 64.9 Å². The lowest BCUT2D eigenvalue weighted by molar-refractivity contribution is -0.148. The number of unbranched alkanes of at least 4 members (excludes halogenated alkanes) is 2. The van der Waals surface area contributed by atoms with Gasteiger partial charge in [-0.05, 0) is 86.0 Å². The van der Waals surface area contributed by atoms with Gasteiger partial charge in [0.05, 0.1) is 42.7 Å². The number of hydrogen-bond acceptors (Lipinski definition) is 13. The second kappa shape index (κ2) is 36.1. The van der Waals surface area contributed by atoms with Crippen LogP contribution in [0.15, 0.2) is 54.6 Å². The van der Waals surface area contributed by atoms with Gasteiger partial charge in [0.25, 0.3) is 0 Å². The molecule has 0 radical (unpaired) electrons. The number of anilines is 1. The number of likely N-dealkylation sites (tertiary alicyclic amines) is 1. The van der Waals surface area contributed by atoms with Crippen LogP contribution in [0, 0.1) is 29.6 Å². The molecule has 9 N–H and O–H groups in total. The van der Waals surface area contributed by atoms with E-state index in [-0.39, 0.29) is 43.7 Å². The Morgan fingerprint density at radius 2 is 1.36 bits per heavy atom. The number of Topliss-reactive ketones (excluding diaryl/α,β-unsaturated/α-hetero) is 1. The van der Waals surface area contributed by atoms with Gasteiger partial charge < -0.3 is 62.0 Å². The molecular weight excluding hydrogens is 1100 g/mol. The number of ether oxygens (including phenoxy) is 2. The van der Waals surface area contributed by atoms with Crippen molar-refractivity contribution in [3.8, 4) is 0 Å². The summed E-state index contributed by atoms with van der Waals surface area (Å²) in [7, 11) is 4.37. The molecular formula is C63H100N10O13. The van der Waals surface area contributed by atoms with Gasteiger partial charge in [0.15, 0.2) is 5.78 Å². The highest BCUT2D eigenvalue weighted by Gasteiger charge is 2.43. The number of carbonyl (C=O) groups excluding carboxylic acids is 10. The maximum absolute atomic E-state index is 14.6. The van der Waals surface area contributed by atoms with Gasteiger partial charge in [-0.2, -0.15) is 0 Å². The second-order valence-electron chi connectivity index (χ2n) is 23.9. The van der Waals surface area contributed by atoms with E-state index in [9.17, 15) is 53.1 Å². The van der Waals surface area contributed by atoms with E-state index in [4.69, 9.17) is 15.2 Å². The van der Waals surface area contributed by atoms with Crippen LogP contribution < -0.4 is 37.6 Å². The maximum Gasteiger partial charge on any atom is 0.410 e. The van der Waals surface area contributed by atoms with Gasteiger partial charge in [-0.25, -0.2) is 9.59 Å². The SMILES string of the molecule is CCCCCC(=O)N[C@@H](C(=O)NC(CCCNC(N)=O)C(=O)Nc1ccc(COC(=O)N(C)[C@@H](C(=O)NC(C(=O)N(C)C(C(=O)CC(=O)N2CCC[C@H]2C(OC)[C@@H](C)C(=O)N[C@H](C)[C@@H](O)c2ccccc2)[C@@H](C)CC)C(C)C)C(C)C)cc1)C(C)C. The summed E-state index contributed by atoms with van der Waals surface area (Å²) < 4.78 is 11.5. The predicted molar refractivity (Wildman–Crippen MR) is 327 cm³/mol. The molecule has 1 saturated heterocycles. The molecule has 4 unspecified atom stereocenters. The molecule has 0 spiro atoms. The number of likely N-dealkylation sites (N-methyl/N-ethyl adjacent to an activating group) is 2. The minimum Gasteiger partial charge on any atom is -0.445 e. The van der Waals surface area contributed by atoms with Crippen molar-refractivity contribution in [1.29, 1.82) is 0 Å². The molecule has 0 aliphatic carbocycles. The summed E-state index contributed by atoms with van der Waals surface area (Å²) in [6.07, 6.45) is 1.77. The molecule has 1 aliphatic heterocycles. The highest BCUT2D eigenvalue weighted by molar-refractivity contribution is 6.03. The van der Waals surface area contributed by atoms with E-state index < -0.39 is 132 Å². The third kappa shape index (κ3) is 22.0. The van der Waals surface area contributed by atoms with Crippen molar-refractivity contribution in [3.05, 3.63) is 65.7 Å². The Kier molecular flexibility index (Phi) is 30.7. The smallest absolute Gasteiger partial charge is 0.410 e. The normalized spacial score (nSPS) is 16.7. The Labute approximate surface area is 509 Å². The zero-order chi connectivity index (χ0) is 64.5. The number of carbonyl (C=O) groups is 10. The van der Waals surface area contributed by atoms with E-state index in [0.717, 1.165) is 17.7 Å². The third-order valence-electron chi connectivity index (χ3n) is 16.1. The Morgan fingerprint density at radius 1 is 0.721 bits per heavy atom. The van der Waals surface area contributed by atoms with E-state index in [0.29, 0.717) is 55.5 Å². The molecule has 0 aromatic heterocycles. The number of ketones is 1. The van der Waals surface area contributed by atoms with Gasteiger partial charge in [-0.3, -0.25) is 43.3 Å². The van der Waals surface area contributed by atoms with Crippen molar-refractivity contribution in [2.45, 2.75) is 201 Å². The molecule has 23 nitrogen and oxygen atoms in total. The van der Waals surface area contributed by atoms with Crippen LogP contribution in [-0.2, 0) is 54.4 Å². The van der Waals surface area contributed by atoms with Crippen molar-refractivity contribution in [1.82, 2.24) is 41.3 Å². The number of aliphatic hydroxyl groups excluding tert-OH is 1. The first-order valence-electron chi connectivity index (χ1n) is 30.5. The van der Waals surface area contributed by atoms with Gasteiger partial charge in [-0.15, -0.1) is 0 Å². The summed E-state index contributed by atoms with van der Waals surface area (Å²) >= 11 is 0. The summed E-state index contributed by atoms with van der Waals surface area (Å²) in [5.41, 5.74) is 6.77. The lowest BCUT2D eigenvalue weighted by Gasteiger charge is -2.37. The van der Waals surface area contributed by atoms with Crippen LogP contribution in [0.2, 0.25) is 0 Å². The molecule has 23 heteroatoms. The average molecular weight is 1210 g/mol. The van der Waals surface area contributed by atoms with Crippen LogP contribution in [0.4, 0.5) is 15.3 Å². The molecule has 2 aromatic rings. The fourth-order valence-electron chi connectivity index (χ4n) is 10.8. The molecule has 1 fully saturated rings. The highest BCUT2D eigenvalue weighted by atomic mass is 16.6. The van der Waals surface area contributed by atoms with Gasteiger partial charge in [0.2, 0.25) is 41.4 Å². The number of primary amides is 1. The van der Waals surface area contributed by atoms with E-state index in [2.05, 4.69) is 31.9 Å². The molecule has 1 aliphatic rings. The first-order chi connectivity index (χ1) is 40.6. The Morgan fingerprint density at radius 3 is 1.93 bits per heavy atom. The van der Waals surface area contributed by atoms with Crippen molar-refractivity contribution in [3.63, 3.8) is 0 Å². The Balaban J connectivity index is 1.69. The molecule has 3 rings (SSSR count). The van der Waals surface area contributed by atoms with Crippen LogP contribution in [0.3, 0.4) is 0 Å². The fourth-order valence-corrected chi connectivity index (χ4v) is 10.8. The number of aliphatic hydroxyl groups is 1. The lowest BCUT2D eigenvalue weighted by atomic mass is 9.90. The second-order valence-corrected chi connectivity index (χ2v) is 23.9. The summed E-state index contributed by atoms with van der Waals surface area (Å²) in [4.78, 5) is 140. The van der Waals surface area contributed by atoms with Gasteiger partial charge in [0.1, 0.15) is 30.8 Å². The van der Waals surface area contributed by atoms with Crippen molar-refractivity contribution in [2.24, 2.45) is 35.3 Å². The van der Waals surface area contributed by atoms with Crippen molar-refractivity contribution < 1.29 is 62.5 Å². The van der Waals surface area contributed by atoms with Crippen LogP contribution in [-0.4, -0.2) is 162 Å². The van der Waals surface area contributed by atoms with Gasteiger partial charge in [-0.1, -0.05) is 131 Å². The Hall–Kier alpha value is -7.14. The zero-order valence-electron chi connectivity index (χ0n) is 53.2. The predicted octanol–water partition coefficient (Wildman–Crippen LogP) is 5.73. The maximum atomic E-state index is 14.6. The monoisotopic (exact) mass is 1200 g/mol. The quantitative estimate of drug-likeness (QED) is 0.0303.